The van der Waals surface area contributed by atoms with E-state index in [1.165, 1.54) is 13.5 Å². The molecule has 0 aromatic heterocycles. The van der Waals surface area contributed by atoms with Crippen LogP contribution in [0.2, 0.25) is 0 Å². The molecule has 1 heterocycles. The molecule has 0 spiro atoms. The lowest BCUT2D eigenvalue weighted by Gasteiger charge is -2.21. The number of methoxy groups -OCH3 is 1. The van der Waals surface area contributed by atoms with E-state index < -0.39 is 0 Å². The van der Waals surface area contributed by atoms with Gasteiger partial charge < -0.3 is 4.74 Å². The van der Waals surface area contributed by atoms with Crippen LogP contribution in [0.3, 0.4) is 0 Å². The van der Waals surface area contributed by atoms with Crippen LogP contribution in [0.15, 0.2) is 12.2 Å². The highest BCUT2D eigenvalue weighted by molar-refractivity contribution is 5.71. The summed E-state index contributed by atoms with van der Waals surface area (Å²) in [6.07, 6.45) is 5.63. The number of esters is 1. The molecule has 66 valence electrons. The number of carbonyl (C=O) groups excluding carboxylic acids is 1. The van der Waals surface area contributed by atoms with Crippen molar-refractivity contribution in [3.8, 4) is 0 Å². The fourth-order valence-corrected chi connectivity index (χ4v) is 2.01. The Balaban J connectivity index is 1.91. The first-order chi connectivity index (χ1) is 5.79. The third kappa shape index (κ3) is 1.25. The summed E-state index contributed by atoms with van der Waals surface area (Å²) in [4.78, 5) is 13.1. The van der Waals surface area contributed by atoms with Crippen molar-refractivity contribution in [1.29, 1.82) is 0 Å². The van der Waals surface area contributed by atoms with E-state index in [4.69, 9.17) is 0 Å². The van der Waals surface area contributed by atoms with Gasteiger partial charge in [-0.2, -0.15) is 0 Å². The molecule has 3 heteroatoms. The zero-order chi connectivity index (χ0) is 8.55. The van der Waals surface area contributed by atoms with E-state index in [2.05, 4.69) is 21.8 Å². The fourth-order valence-electron chi connectivity index (χ4n) is 2.01. The van der Waals surface area contributed by atoms with Gasteiger partial charge in [0.25, 0.3) is 0 Å². The highest BCUT2D eigenvalue weighted by Gasteiger charge is 2.34. The number of ether oxygens (including phenoxy) is 1. The zero-order valence-corrected chi connectivity index (χ0v) is 7.19. The van der Waals surface area contributed by atoms with Gasteiger partial charge in [0, 0.05) is 12.6 Å². The van der Waals surface area contributed by atoms with Crippen LogP contribution in [0.1, 0.15) is 6.42 Å². The van der Waals surface area contributed by atoms with E-state index in [0.29, 0.717) is 18.5 Å². The Kier molecular flexibility index (Phi) is 1.89. The van der Waals surface area contributed by atoms with Gasteiger partial charge in [0.05, 0.1) is 13.7 Å². The first kappa shape index (κ1) is 7.80. The number of rotatable bonds is 2. The second-order valence-electron chi connectivity index (χ2n) is 3.45. The topological polar surface area (TPSA) is 29.5 Å². The average Bonchev–Trinajstić information content (AvgIpc) is 2.64. The van der Waals surface area contributed by atoms with Gasteiger partial charge in [-0.15, -0.1) is 0 Å². The second kappa shape index (κ2) is 2.90. The fraction of sp³-hybridized carbons (Fsp3) is 0.667. The van der Waals surface area contributed by atoms with Gasteiger partial charge >= 0.3 is 5.97 Å². The van der Waals surface area contributed by atoms with Crippen LogP contribution in [0.25, 0.3) is 0 Å². The van der Waals surface area contributed by atoms with Crippen molar-refractivity contribution < 1.29 is 9.53 Å². The lowest BCUT2D eigenvalue weighted by atomic mass is 10.2. The molecule has 0 aromatic carbocycles. The standard InChI is InChI=1S/C9H13NO2/c1-12-9(11)6-10-5-7-2-3-8(10)4-7/h2-3,7-8H,4-6H2,1H3. The maximum absolute atomic E-state index is 11.0. The maximum atomic E-state index is 11.0. The lowest BCUT2D eigenvalue weighted by molar-refractivity contribution is -0.142. The predicted octanol–water partition coefficient (Wildman–Crippen LogP) is 0.420. The third-order valence-electron chi connectivity index (χ3n) is 2.65. The Bertz CT molecular complexity index is 225. The van der Waals surface area contributed by atoms with Gasteiger partial charge in [0.1, 0.15) is 0 Å². The monoisotopic (exact) mass is 167 g/mol. The summed E-state index contributed by atoms with van der Waals surface area (Å²) < 4.78 is 4.62. The van der Waals surface area contributed by atoms with Crippen molar-refractivity contribution in [2.75, 3.05) is 20.2 Å². The molecular formula is C9H13NO2. The van der Waals surface area contributed by atoms with Gasteiger partial charge in [0.15, 0.2) is 0 Å². The van der Waals surface area contributed by atoms with Crippen molar-refractivity contribution in [2.45, 2.75) is 12.5 Å². The smallest absolute Gasteiger partial charge is 0.319 e. The highest BCUT2D eigenvalue weighted by Crippen LogP contribution is 2.30. The van der Waals surface area contributed by atoms with E-state index in [-0.39, 0.29) is 5.97 Å². The molecule has 2 rings (SSSR count). The van der Waals surface area contributed by atoms with Crippen molar-refractivity contribution in [1.82, 2.24) is 4.90 Å². The minimum atomic E-state index is -0.129. The zero-order valence-electron chi connectivity index (χ0n) is 7.19. The number of likely N-dealkylation sites (tertiary alicyclic amines) is 1. The van der Waals surface area contributed by atoms with Crippen LogP contribution >= 0.6 is 0 Å². The third-order valence-corrected chi connectivity index (χ3v) is 2.65. The van der Waals surface area contributed by atoms with Crippen LogP contribution in [0.4, 0.5) is 0 Å². The first-order valence-electron chi connectivity index (χ1n) is 4.29. The first-order valence-corrected chi connectivity index (χ1v) is 4.29. The molecule has 3 nitrogen and oxygen atoms in total. The summed E-state index contributed by atoms with van der Waals surface area (Å²) >= 11 is 0. The van der Waals surface area contributed by atoms with E-state index in [0.717, 1.165) is 6.54 Å². The van der Waals surface area contributed by atoms with Crippen molar-refractivity contribution in [3.05, 3.63) is 12.2 Å². The summed E-state index contributed by atoms with van der Waals surface area (Å²) in [6, 6.07) is 0.495. The number of nitrogens with zero attached hydrogens (tertiary/aromatic N) is 1. The molecular weight excluding hydrogens is 154 g/mol. The van der Waals surface area contributed by atoms with Crippen LogP contribution < -0.4 is 0 Å². The second-order valence-corrected chi connectivity index (χ2v) is 3.45. The SMILES string of the molecule is COC(=O)CN1CC2C=CC1C2. The van der Waals surface area contributed by atoms with Crippen LogP contribution in [0.5, 0.6) is 0 Å². The van der Waals surface area contributed by atoms with E-state index >= 15 is 0 Å². The van der Waals surface area contributed by atoms with Crippen molar-refractivity contribution in [3.63, 3.8) is 0 Å². The Morgan fingerprint density at radius 1 is 1.67 bits per heavy atom. The number of hydrogen-bond donors (Lipinski definition) is 0. The average molecular weight is 167 g/mol. The lowest BCUT2D eigenvalue weighted by Crippen LogP contribution is -2.35. The number of hydrogen-bond acceptors (Lipinski definition) is 3. The van der Waals surface area contributed by atoms with E-state index in [9.17, 15) is 4.79 Å². The molecule has 2 aliphatic rings. The highest BCUT2D eigenvalue weighted by atomic mass is 16.5. The van der Waals surface area contributed by atoms with Crippen LogP contribution in [0, 0.1) is 5.92 Å². The molecule has 1 saturated heterocycles. The number of fused-ring (bicyclic) bond motifs is 2. The molecule has 2 atom stereocenters. The molecule has 12 heavy (non-hydrogen) atoms. The Morgan fingerprint density at radius 2 is 2.50 bits per heavy atom. The van der Waals surface area contributed by atoms with Gasteiger partial charge in [-0.25, -0.2) is 0 Å². The molecule has 0 saturated carbocycles. The minimum Gasteiger partial charge on any atom is -0.468 e. The molecule has 2 bridgehead atoms. The summed E-state index contributed by atoms with van der Waals surface area (Å²) in [5.74, 6) is 0.551. The van der Waals surface area contributed by atoms with Crippen molar-refractivity contribution >= 4 is 5.97 Å². The Labute approximate surface area is 72.0 Å². The Hall–Kier alpha value is -0.830. The molecule has 1 aliphatic carbocycles. The van der Waals surface area contributed by atoms with Gasteiger partial charge in [0.2, 0.25) is 0 Å². The van der Waals surface area contributed by atoms with E-state index in [1.807, 2.05) is 0 Å². The summed E-state index contributed by atoms with van der Waals surface area (Å²) in [5, 5.41) is 0. The molecule has 0 aromatic rings. The quantitative estimate of drug-likeness (QED) is 0.441. The van der Waals surface area contributed by atoms with Gasteiger partial charge in [-0.05, 0) is 12.3 Å². The summed E-state index contributed by atoms with van der Waals surface area (Å²) in [7, 11) is 1.44. The van der Waals surface area contributed by atoms with Gasteiger partial charge in [-0.1, -0.05) is 12.2 Å². The largest absolute Gasteiger partial charge is 0.468 e. The molecule has 2 unspecified atom stereocenters. The van der Waals surface area contributed by atoms with E-state index in [1.54, 1.807) is 0 Å². The molecule has 0 N–H and O–H groups in total. The van der Waals surface area contributed by atoms with Crippen LogP contribution in [-0.4, -0.2) is 37.1 Å². The minimum absolute atomic E-state index is 0.129. The molecule has 1 fully saturated rings. The van der Waals surface area contributed by atoms with Gasteiger partial charge in [-0.3, -0.25) is 9.69 Å². The molecule has 0 radical (unpaired) electrons. The molecule has 1 aliphatic heterocycles. The molecule has 0 amide bonds. The predicted molar refractivity (Wildman–Crippen MR) is 44.6 cm³/mol. The van der Waals surface area contributed by atoms with Crippen molar-refractivity contribution in [2.24, 2.45) is 5.92 Å². The summed E-state index contributed by atoms with van der Waals surface area (Å²) in [6.45, 7) is 1.47. The maximum Gasteiger partial charge on any atom is 0.319 e. The summed E-state index contributed by atoms with van der Waals surface area (Å²) in [5.41, 5.74) is 0. The normalized spacial score (nSPS) is 32.8. The number of carbonyl (C=O) groups is 1. The Morgan fingerprint density at radius 3 is 3.00 bits per heavy atom. The van der Waals surface area contributed by atoms with Crippen LogP contribution in [-0.2, 0) is 9.53 Å².